The van der Waals surface area contributed by atoms with E-state index < -0.39 is 11.5 Å². The first-order valence-corrected chi connectivity index (χ1v) is 5.70. The van der Waals surface area contributed by atoms with Crippen LogP contribution in [-0.4, -0.2) is 30.6 Å². The van der Waals surface area contributed by atoms with E-state index in [0.717, 1.165) is 4.68 Å². The van der Waals surface area contributed by atoms with Gasteiger partial charge in [-0.25, -0.2) is 9.48 Å². The Hall–Kier alpha value is -2.44. The Morgan fingerprint density at radius 3 is 2.58 bits per heavy atom. The molecule has 2 rings (SSSR count). The van der Waals surface area contributed by atoms with Crippen LogP contribution in [0.2, 0.25) is 0 Å². The fourth-order valence-corrected chi connectivity index (χ4v) is 1.83. The fraction of sp³-hybridized carbons (Fsp3) is 0.333. The van der Waals surface area contributed by atoms with Gasteiger partial charge in [-0.3, -0.25) is 9.48 Å². The Bertz CT molecular complexity index is 699. The van der Waals surface area contributed by atoms with Gasteiger partial charge in [0, 0.05) is 13.2 Å². The molecule has 2 heterocycles. The quantitative estimate of drug-likeness (QED) is 0.861. The van der Waals surface area contributed by atoms with Crippen LogP contribution in [0, 0.1) is 13.8 Å². The summed E-state index contributed by atoms with van der Waals surface area (Å²) in [5, 5.41) is 17.4. The van der Waals surface area contributed by atoms with Crippen molar-refractivity contribution in [2.45, 2.75) is 20.4 Å². The highest BCUT2D eigenvalue weighted by molar-refractivity contribution is 5.88. The summed E-state index contributed by atoms with van der Waals surface area (Å²) < 4.78 is 2.74. The van der Waals surface area contributed by atoms with Crippen LogP contribution in [0.25, 0.3) is 0 Å². The Labute approximate surface area is 109 Å². The molecule has 0 saturated heterocycles. The van der Waals surface area contributed by atoms with Crippen LogP contribution < -0.4 is 5.56 Å². The predicted octanol–water partition coefficient (Wildman–Crippen LogP) is 0.340. The number of aryl methyl sites for hydroxylation is 2. The first-order valence-electron chi connectivity index (χ1n) is 5.70. The van der Waals surface area contributed by atoms with Crippen molar-refractivity contribution in [1.29, 1.82) is 0 Å². The molecule has 0 spiro atoms. The van der Waals surface area contributed by atoms with Gasteiger partial charge in [-0.1, -0.05) is 0 Å². The summed E-state index contributed by atoms with van der Waals surface area (Å²) in [5.74, 6) is -1.23. The minimum absolute atomic E-state index is 0.154. The minimum atomic E-state index is -1.23. The Kier molecular flexibility index (Phi) is 3.20. The van der Waals surface area contributed by atoms with Crippen LogP contribution in [0.1, 0.15) is 27.3 Å². The summed E-state index contributed by atoms with van der Waals surface area (Å²) in [4.78, 5) is 23.2. The molecule has 2 aromatic heterocycles. The molecule has 0 amide bonds. The number of aromatic nitrogens is 4. The second kappa shape index (κ2) is 4.68. The number of hydrogen-bond donors (Lipinski definition) is 1. The first kappa shape index (κ1) is 13.0. The van der Waals surface area contributed by atoms with E-state index in [-0.39, 0.29) is 12.1 Å². The molecule has 0 aromatic carbocycles. The van der Waals surface area contributed by atoms with Gasteiger partial charge in [0.05, 0.1) is 17.9 Å². The third-order valence-corrected chi connectivity index (χ3v) is 2.93. The number of nitrogens with zero attached hydrogens (tertiary/aromatic N) is 4. The number of carboxylic acid groups (broad SMARTS) is 1. The maximum absolute atomic E-state index is 12.1. The molecule has 1 N–H and O–H groups in total. The second-order valence-corrected chi connectivity index (χ2v) is 4.33. The third kappa shape index (κ3) is 2.40. The smallest absolute Gasteiger partial charge is 0.341 e. The SMILES string of the molecule is Cc1nn(Cc2ccn(C)n2)c(=O)c(C(=O)O)c1C. The lowest BCUT2D eigenvalue weighted by Crippen LogP contribution is -2.31. The van der Waals surface area contributed by atoms with Crippen molar-refractivity contribution in [3.63, 3.8) is 0 Å². The van der Waals surface area contributed by atoms with Crippen LogP contribution in [0.3, 0.4) is 0 Å². The van der Waals surface area contributed by atoms with Gasteiger partial charge in [-0.2, -0.15) is 10.2 Å². The van der Waals surface area contributed by atoms with E-state index in [9.17, 15) is 9.59 Å². The zero-order valence-electron chi connectivity index (χ0n) is 10.9. The molecule has 7 heteroatoms. The van der Waals surface area contributed by atoms with Crippen molar-refractivity contribution in [3.8, 4) is 0 Å². The van der Waals surface area contributed by atoms with Gasteiger partial charge in [-0.15, -0.1) is 0 Å². The third-order valence-electron chi connectivity index (χ3n) is 2.93. The number of carboxylic acids is 1. The lowest BCUT2D eigenvalue weighted by atomic mass is 10.1. The molecule has 19 heavy (non-hydrogen) atoms. The van der Waals surface area contributed by atoms with Crippen LogP contribution >= 0.6 is 0 Å². The molecular weight excluding hydrogens is 248 g/mol. The second-order valence-electron chi connectivity index (χ2n) is 4.33. The van der Waals surface area contributed by atoms with E-state index in [0.29, 0.717) is 17.0 Å². The molecule has 100 valence electrons. The molecule has 0 aliphatic carbocycles. The molecule has 0 aliphatic rings. The van der Waals surface area contributed by atoms with Gasteiger partial charge in [0.2, 0.25) is 0 Å². The lowest BCUT2D eigenvalue weighted by molar-refractivity contribution is 0.0692. The molecule has 0 bridgehead atoms. The highest BCUT2D eigenvalue weighted by atomic mass is 16.4. The highest BCUT2D eigenvalue weighted by Crippen LogP contribution is 2.07. The summed E-state index contributed by atoms with van der Waals surface area (Å²) in [6.45, 7) is 3.41. The van der Waals surface area contributed by atoms with E-state index in [1.807, 2.05) is 0 Å². The molecule has 0 aliphatic heterocycles. The fourth-order valence-electron chi connectivity index (χ4n) is 1.83. The van der Waals surface area contributed by atoms with Crippen LogP contribution in [0.15, 0.2) is 17.1 Å². The minimum Gasteiger partial charge on any atom is -0.477 e. The van der Waals surface area contributed by atoms with Crippen molar-refractivity contribution in [1.82, 2.24) is 19.6 Å². The Morgan fingerprint density at radius 2 is 2.05 bits per heavy atom. The van der Waals surface area contributed by atoms with Gasteiger partial charge in [0.25, 0.3) is 5.56 Å². The van der Waals surface area contributed by atoms with Crippen LogP contribution in [-0.2, 0) is 13.6 Å². The van der Waals surface area contributed by atoms with Gasteiger partial charge < -0.3 is 5.11 Å². The zero-order valence-corrected chi connectivity index (χ0v) is 10.9. The average molecular weight is 262 g/mol. The van der Waals surface area contributed by atoms with E-state index in [1.165, 1.54) is 0 Å². The van der Waals surface area contributed by atoms with E-state index in [1.54, 1.807) is 37.8 Å². The van der Waals surface area contributed by atoms with Crippen LogP contribution in [0.4, 0.5) is 0 Å². The van der Waals surface area contributed by atoms with Crippen molar-refractivity contribution < 1.29 is 9.90 Å². The molecule has 2 aromatic rings. The van der Waals surface area contributed by atoms with Crippen LogP contribution in [0.5, 0.6) is 0 Å². The molecule has 0 unspecified atom stereocenters. The predicted molar refractivity (Wildman–Crippen MR) is 67.2 cm³/mol. The standard InChI is InChI=1S/C12H14N4O3/c1-7-8(2)13-16(11(17)10(7)12(18)19)6-9-4-5-15(3)14-9/h4-5H,6H2,1-3H3,(H,18,19). The average Bonchev–Trinajstić information content (AvgIpc) is 2.71. The molecule has 0 atom stereocenters. The Balaban J connectivity index is 2.53. The van der Waals surface area contributed by atoms with Gasteiger partial charge >= 0.3 is 5.97 Å². The monoisotopic (exact) mass is 262 g/mol. The van der Waals surface area contributed by atoms with E-state index in [4.69, 9.17) is 5.11 Å². The summed E-state index contributed by atoms with van der Waals surface area (Å²) >= 11 is 0. The maximum Gasteiger partial charge on any atom is 0.341 e. The molecular formula is C12H14N4O3. The first-order chi connectivity index (χ1) is 8.90. The van der Waals surface area contributed by atoms with E-state index >= 15 is 0 Å². The number of rotatable bonds is 3. The van der Waals surface area contributed by atoms with Crippen molar-refractivity contribution in [2.75, 3.05) is 0 Å². The number of aromatic carboxylic acids is 1. The molecule has 0 saturated carbocycles. The van der Waals surface area contributed by atoms with Gasteiger partial charge in [-0.05, 0) is 25.5 Å². The maximum atomic E-state index is 12.1. The summed E-state index contributed by atoms with van der Waals surface area (Å²) in [5.41, 5.74) is 0.726. The van der Waals surface area contributed by atoms with E-state index in [2.05, 4.69) is 10.2 Å². The summed E-state index contributed by atoms with van der Waals surface area (Å²) in [7, 11) is 1.77. The molecule has 7 nitrogen and oxygen atoms in total. The van der Waals surface area contributed by atoms with Crippen molar-refractivity contribution in [2.24, 2.45) is 7.05 Å². The Morgan fingerprint density at radius 1 is 1.37 bits per heavy atom. The largest absolute Gasteiger partial charge is 0.477 e. The van der Waals surface area contributed by atoms with Gasteiger partial charge in [0.1, 0.15) is 5.56 Å². The van der Waals surface area contributed by atoms with Crippen molar-refractivity contribution >= 4 is 5.97 Å². The van der Waals surface area contributed by atoms with Crippen molar-refractivity contribution in [3.05, 3.63) is 45.1 Å². The normalized spacial score (nSPS) is 10.7. The lowest BCUT2D eigenvalue weighted by Gasteiger charge is -2.08. The molecule has 0 radical (unpaired) electrons. The zero-order chi connectivity index (χ0) is 14.2. The highest BCUT2D eigenvalue weighted by Gasteiger charge is 2.18. The number of hydrogen-bond acceptors (Lipinski definition) is 4. The topological polar surface area (TPSA) is 90.0 Å². The number of carbonyl (C=O) groups is 1. The summed E-state index contributed by atoms with van der Waals surface area (Å²) in [6.07, 6.45) is 1.75. The molecule has 0 fully saturated rings. The van der Waals surface area contributed by atoms with Gasteiger partial charge in [0.15, 0.2) is 0 Å². The summed E-state index contributed by atoms with van der Waals surface area (Å²) in [6, 6.07) is 1.75.